The van der Waals surface area contributed by atoms with Crippen LogP contribution in [0, 0.1) is 6.92 Å². The summed E-state index contributed by atoms with van der Waals surface area (Å²) < 4.78 is 38.0. The van der Waals surface area contributed by atoms with Gasteiger partial charge in [0.25, 0.3) is 0 Å². The quantitative estimate of drug-likeness (QED) is 0.401. The predicted molar refractivity (Wildman–Crippen MR) is 140 cm³/mol. The van der Waals surface area contributed by atoms with Gasteiger partial charge >= 0.3 is 5.97 Å². The van der Waals surface area contributed by atoms with Crippen molar-refractivity contribution in [1.82, 2.24) is 4.72 Å². The molecule has 0 atom stereocenters. The molecule has 2 N–H and O–H groups in total. The fourth-order valence-corrected chi connectivity index (χ4v) is 5.71. The van der Waals surface area contributed by atoms with Gasteiger partial charge < -0.3 is 14.6 Å². The highest BCUT2D eigenvalue weighted by Gasteiger charge is 2.50. The minimum absolute atomic E-state index is 0. The van der Waals surface area contributed by atoms with Gasteiger partial charge in [-0.05, 0) is 71.8 Å². The molecule has 1 saturated carbocycles. The summed E-state index contributed by atoms with van der Waals surface area (Å²) in [7, 11) is -3.80. The third kappa shape index (κ3) is 5.10. The third-order valence-corrected chi connectivity index (χ3v) is 8.46. The van der Waals surface area contributed by atoms with Crippen molar-refractivity contribution < 1.29 is 35.4 Å². The highest BCUT2D eigenvalue weighted by atomic mass is 32.2. The summed E-state index contributed by atoms with van der Waals surface area (Å²) >= 11 is 0. The van der Waals surface area contributed by atoms with Crippen LogP contribution in [-0.2, 0) is 31.4 Å². The Labute approximate surface area is 218 Å². The first-order valence-electron chi connectivity index (χ1n) is 12.0. The fraction of sp³-hybridized carbons (Fsp3) is 0.286. The number of rotatable bonds is 10. The molecule has 3 aromatic carbocycles. The van der Waals surface area contributed by atoms with E-state index in [9.17, 15) is 18.0 Å². The Morgan fingerprint density at radius 3 is 2.43 bits per heavy atom. The molecule has 1 fully saturated rings. The molecular weight excluding hydrogens is 494 g/mol. The molecule has 0 saturated heterocycles. The van der Waals surface area contributed by atoms with Gasteiger partial charge in [0.2, 0.25) is 16.8 Å². The Bertz CT molecular complexity index is 1490. The first kappa shape index (κ1) is 25.0. The van der Waals surface area contributed by atoms with Crippen molar-refractivity contribution in [2.75, 3.05) is 13.3 Å². The summed E-state index contributed by atoms with van der Waals surface area (Å²) in [5.41, 5.74) is 4.11. The van der Waals surface area contributed by atoms with Crippen LogP contribution in [-0.4, -0.2) is 38.6 Å². The lowest BCUT2D eigenvalue weighted by Gasteiger charge is -2.16. The zero-order valence-electron chi connectivity index (χ0n) is 20.3. The van der Waals surface area contributed by atoms with Crippen LogP contribution in [0.25, 0.3) is 11.1 Å². The second-order valence-corrected chi connectivity index (χ2v) is 11.2. The third-order valence-electron chi connectivity index (χ3n) is 6.98. The molecule has 0 radical (unpaired) electrons. The van der Waals surface area contributed by atoms with Crippen LogP contribution < -0.4 is 14.2 Å². The smallest absolute Gasteiger partial charge is 0.304 e. The highest BCUT2D eigenvalue weighted by molar-refractivity contribution is 7.89. The number of carbonyl (C=O) groups excluding carboxylic acids is 1. The zero-order chi connectivity index (χ0) is 26.2. The number of carboxylic acids is 1. The van der Waals surface area contributed by atoms with E-state index < -0.39 is 21.4 Å². The highest BCUT2D eigenvalue weighted by Crippen LogP contribution is 2.51. The molecular formula is C28H31NO7S. The second-order valence-electron chi connectivity index (χ2n) is 9.47. The van der Waals surface area contributed by atoms with Crippen LogP contribution in [0.2, 0.25) is 0 Å². The number of sulfonamides is 1. The van der Waals surface area contributed by atoms with Crippen LogP contribution in [0.3, 0.4) is 0 Å². The van der Waals surface area contributed by atoms with Crippen molar-refractivity contribution in [3.8, 4) is 22.6 Å². The normalized spacial score (nSPS) is 15.4. The summed E-state index contributed by atoms with van der Waals surface area (Å²) in [6, 6.07) is 18.1. The molecule has 1 aliphatic heterocycles. The molecule has 9 heteroatoms. The second kappa shape index (κ2) is 9.64. The molecule has 37 heavy (non-hydrogen) atoms. The first-order valence-corrected chi connectivity index (χ1v) is 13.5. The van der Waals surface area contributed by atoms with Crippen molar-refractivity contribution in [1.29, 1.82) is 0 Å². The number of nitrogens with one attached hydrogen (secondary N) is 1. The number of Topliss-reactive ketones (excluding diaryl/α,β-unsaturated/α-hetero) is 1. The maximum absolute atomic E-state index is 13.4. The Morgan fingerprint density at radius 2 is 1.73 bits per heavy atom. The lowest BCUT2D eigenvalue weighted by Crippen LogP contribution is -2.26. The summed E-state index contributed by atoms with van der Waals surface area (Å²) in [5, 5.41) is 8.72. The van der Waals surface area contributed by atoms with Gasteiger partial charge in [0.1, 0.15) is 5.78 Å². The fourth-order valence-electron chi connectivity index (χ4n) is 4.68. The summed E-state index contributed by atoms with van der Waals surface area (Å²) in [4.78, 5) is 24.1. The Balaban J connectivity index is 0.00000210. The largest absolute Gasteiger partial charge is 0.481 e. The first-order chi connectivity index (χ1) is 17.7. The lowest BCUT2D eigenvalue weighted by molar-refractivity contribution is -0.136. The molecule has 0 unspecified atom stereocenters. The van der Waals surface area contributed by atoms with Gasteiger partial charge in [0.15, 0.2) is 11.5 Å². The summed E-state index contributed by atoms with van der Waals surface area (Å²) in [6.45, 7) is 1.98. The van der Waals surface area contributed by atoms with Gasteiger partial charge in [0, 0.05) is 15.8 Å². The molecule has 0 aromatic heterocycles. The molecule has 0 spiro atoms. The van der Waals surface area contributed by atoms with E-state index >= 15 is 0 Å². The van der Waals surface area contributed by atoms with Crippen molar-refractivity contribution >= 4 is 21.8 Å². The van der Waals surface area contributed by atoms with Crippen molar-refractivity contribution in [2.24, 2.45) is 0 Å². The van der Waals surface area contributed by atoms with E-state index in [4.69, 9.17) is 14.6 Å². The minimum atomic E-state index is -3.80. The van der Waals surface area contributed by atoms with Gasteiger partial charge in [0.05, 0.1) is 16.7 Å². The van der Waals surface area contributed by atoms with E-state index in [1.807, 2.05) is 43.3 Å². The number of ether oxygens (including phenoxy) is 2. The van der Waals surface area contributed by atoms with Gasteiger partial charge in [-0.25, -0.2) is 13.1 Å². The molecule has 0 bridgehead atoms. The predicted octanol–water partition coefficient (Wildman–Crippen LogP) is 4.48. The van der Waals surface area contributed by atoms with Crippen molar-refractivity contribution in [3.05, 3.63) is 77.4 Å². The molecule has 5 rings (SSSR count). The number of carbonyl (C=O) groups is 2. The van der Waals surface area contributed by atoms with Crippen LogP contribution in [0.4, 0.5) is 0 Å². The van der Waals surface area contributed by atoms with E-state index in [0.717, 1.165) is 40.7 Å². The maximum atomic E-state index is 13.4. The Morgan fingerprint density at radius 1 is 1.00 bits per heavy atom. The number of hydrogen-bond donors (Lipinski definition) is 2. The molecule has 1 heterocycles. The molecule has 196 valence electrons. The molecule has 1 aliphatic carbocycles. The number of fused-ring (bicyclic) bond motifs is 1. The molecule has 8 nitrogen and oxygen atoms in total. The zero-order valence-corrected chi connectivity index (χ0v) is 21.1. The summed E-state index contributed by atoms with van der Waals surface area (Å²) in [6.07, 6.45) is 1.61. The maximum Gasteiger partial charge on any atom is 0.304 e. The average molecular weight is 526 g/mol. The van der Waals surface area contributed by atoms with Crippen LogP contribution in [0.5, 0.6) is 11.5 Å². The molecule has 0 amide bonds. The van der Waals surface area contributed by atoms with Crippen LogP contribution in [0.1, 0.15) is 38.8 Å². The van der Waals surface area contributed by atoms with Crippen molar-refractivity contribution in [3.63, 3.8) is 0 Å². The van der Waals surface area contributed by atoms with E-state index in [-0.39, 0.29) is 33.3 Å². The average Bonchev–Trinajstić information content (AvgIpc) is 3.55. The van der Waals surface area contributed by atoms with Gasteiger partial charge in [-0.3, -0.25) is 9.59 Å². The standard InChI is InChI=1S/C28H27NO7S.2H2/c1-18-2-3-19(15-26(30)28(11-12-28)21-6-9-24-25(16-21)36-17-35-24)14-23(18)20-4-7-22(8-5-20)37(33,34)29-13-10-27(31)32;;/h2-9,14,16,29H,10-13,15,17H2,1H3,(H,31,32);2*1H. The lowest BCUT2D eigenvalue weighted by atomic mass is 9.87. The number of carboxylic acid groups (broad SMARTS) is 1. The van der Waals surface area contributed by atoms with Crippen LogP contribution >= 0.6 is 0 Å². The number of hydrogen-bond acceptors (Lipinski definition) is 6. The SMILES string of the molecule is Cc1ccc(CC(=O)C2(c3ccc4c(c3)OCO4)CC2)cc1-c1ccc(S(=O)(=O)NCCC(=O)O)cc1.[HH].[HH]. The minimum Gasteiger partial charge on any atom is -0.481 e. The van der Waals surface area contributed by atoms with E-state index in [2.05, 4.69) is 4.72 Å². The monoisotopic (exact) mass is 525 g/mol. The number of benzene rings is 3. The molecule has 2 aliphatic rings. The Kier molecular flexibility index (Phi) is 6.51. The number of aryl methyl sites for hydroxylation is 1. The van der Waals surface area contributed by atoms with E-state index in [1.165, 1.54) is 12.1 Å². The number of aliphatic carboxylic acids is 1. The van der Waals surface area contributed by atoms with E-state index in [0.29, 0.717) is 17.9 Å². The topological polar surface area (TPSA) is 119 Å². The summed E-state index contributed by atoms with van der Waals surface area (Å²) in [5.74, 6) is 0.465. The van der Waals surface area contributed by atoms with Gasteiger partial charge in [-0.2, -0.15) is 0 Å². The van der Waals surface area contributed by atoms with Gasteiger partial charge in [-0.1, -0.05) is 36.4 Å². The van der Waals surface area contributed by atoms with Gasteiger partial charge in [-0.15, -0.1) is 0 Å². The van der Waals surface area contributed by atoms with E-state index in [1.54, 1.807) is 12.1 Å². The molecule has 3 aromatic rings. The van der Waals surface area contributed by atoms with Crippen molar-refractivity contribution in [2.45, 2.75) is 42.9 Å². The van der Waals surface area contributed by atoms with Crippen LogP contribution in [0.15, 0.2) is 65.6 Å². The Hall–Kier alpha value is -3.69. The number of ketones is 1.